The number of piperazine rings is 1. The van der Waals surface area contributed by atoms with Crippen LogP contribution in [0.3, 0.4) is 0 Å². The maximum Gasteiger partial charge on any atom is 0.263 e. The second-order valence-electron chi connectivity index (χ2n) is 8.90. The Kier molecular flexibility index (Phi) is 6.80. The number of benzene rings is 2. The van der Waals surface area contributed by atoms with Gasteiger partial charge in [-0.3, -0.25) is 9.52 Å². The van der Waals surface area contributed by atoms with Gasteiger partial charge in [0.05, 0.1) is 4.90 Å². The second-order valence-corrected chi connectivity index (χ2v) is 11.4. The lowest BCUT2D eigenvalue weighted by molar-refractivity contribution is -0.132. The van der Waals surface area contributed by atoms with Crippen molar-refractivity contribution in [3.05, 3.63) is 60.2 Å². The van der Waals surface area contributed by atoms with Crippen LogP contribution in [0.2, 0.25) is 0 Å². The zero-order chi connectivity index (χ0) is 25.3. The summed E-state index contributed by atoms with van der Waals surface area (Å²) in [5.74, 6) is -0.180. The normalized spacial score (nSPS) is 17.0. The van der Waals surface area contributed by atoms with E-state index in [2.05, 4.69) is 23.9 Å². The highest BCUT2D eigenvalue weighted by Crippen LogP contribution is 2.30. The minimum absolute atomic E-state index is 0.0658. The van der Waals surface area contributed by atoms with Gasteiger partial charge in [-0.15, -0.1) is 0 Å². The summed E-state index contributed by atoms with van der Waals surface area (Å²) in [5.41, 5.74) is 2.80. The van der Waals surface area contributed by atoms with E-state index in [0.29, 0.717) is 26.2 Å². The van der Waals surface area contributed by atoms with Gasteiger partial charge in [0, 0.05) is 55.6 Å². The molecule has 0 unspecified atom stereocenters. The number of anilines is 3. The highest BCUT2D eigenvalue weighted by molar-refractivity contribution is 7.93. The van der Waals surface area contributed by atoms with Crippen LogP contribution < -0.4 is 14.5 Å². The molecule has 0 saturated carbocycles. The molecule has 1 aromatic heterocycles. The summed E-state index contributed by atoms with van der Waals surface area (Å²) < 4.78 is 45.0. The Balaban J connectivity index is 1.20. The number of nitrogens with one attached hydrogen (secondary N) is 1. The average Bonchev–Trinajstić information content (AvgIpc) is 3.40. The van der Waals surface area contributed by atoms with Gasteiger partial charge in [-0.05, 0) is 67.8 Å². The number of carbonyl (C=O) groups excluding carboxylic acids is 1. The SMILES string of the molecule is C[C@H](C(=O)N1CCN(c2ccc(S(=O)(=O)Nc3ncns3)cc2)CC1)N1CCCc2cc(F)ccc21. The Labute approximate surface area is 213 Å². The van der Waals surface area contributed by atoms with E-state index in [9.17, 15) is 17.6 Å². The van der Waals surface area contributed by atoms with Crippen LogP contribution in [0.5, 0.6) is 0 Å². The number of nitrogens with zero attached hydrogens (tertiary/aromatic N) is 5. The molecular formula is C24H27FN6O3S2. The molecule has 0 radical (unpaired) electrons. The molecular weight excluding hydrogens is 503 g/mol. The van der Waals surface area contributed by atoms with Crippen LogP contribution in [0.1, 0.15) is 18.9 Å². The van der Waals surface area contributed by atoms with Crippen LogP contribution in [-0.2, 0) is 21.2 Å². The van der Waals surface area contributed by atoms with Crippen molar-refractivity contribution in [2.45, 2.75) is 30.7 Å². The number of fused-ring (bicyclic) bond motifs is 1. The van der Waals surface area contributed by atoms with Crippen LogP contribution in [0, 0.1) is 5.82 Å². The lowest BCUT2D eigenvalue weighted by Crippen LogP contribution is -2.55. The Morgan fingerprint density at radius 3 is 2.53 bits per heavy atom. The van der Waals surface area contributed by atoms with Gasteiger partial charge in [0.2, 0.25) is 11.0 Å². The van der Waals surface area contributed by atoms with Crippen LogP contribution in [0.25, 0.3) is 0 Å². The number of halogens is 1. The largest absolute Gasteiger partial charge is 0.368 e. The van der Waals surface area contributed by atoms with Crippen molar-refractivity contribution in [1.82, 2.24) is 14.3 Å². The first kappa shape index (κ1) is 24.4. The van der Waals surface area contributed by atoms with Crippen molar-refractivity contribution in [3.8, 4) is 0 Å². The maximum absolute atomic E-state index is 13.7. The van der Waals surface area contributed by atoms with E-state index in [1.807, 2.05) is 11.8 Å². The van der Waals surface area contributed by atoms with E-state index < -0.39 is 10.0 Å². The summed E-state index contributed by atoms with van der Waals surface area (Å²) in [5, 5.41) is 0.217. The first-order chi connectivity index (χ1) is 17.3. The monoisotopic (exact) mass is 530 g/mol. The predicted molar refractivity (Wildman–Crippen MR) is 137 cm³/mol. The molecule has 2 aromatic carbocycles. The maximum atomic E-state index is 13.7. The molecule has 1 saturated heterocycles. The number of sulfonamides is 1. The Morgan fingerprint density at radius 2 is 1.83 bits per heavy atom. The number of aryl methyl sites for hydroxylation is 1. The van der Waals surface area contributed by atoms with Gasteiger partial charge >= 0.3 is 0 Å². The van der Waals surface area contributed by atoms with E-state index in [-0.39, 0.29) is 27.8 Å². The van der Waals surface area contributed by atoms with E-state index in [4.69, 9.17) is 0 Å². The van der Waals surface area contributed by atoms with Crippen LogP contribution in [0.15, 0.2) is 53.7 Å². The summed E-state index contributed by atoms with van der Waals surface area (Å²) in [6.45, 7) is 5.14. The van der Waals surface area contributed by atoms with E-state index in [0.717, 1.165) is 47.9 Å². The Morgan fingerprint density at radius 1 is 1.08 bits per heavy atom. The molecule has 2 aliphatic heterocycles. The van der Waals surface area contributed by atoms with Gasteiger partial charge in [-0.2, -0.15) is 4.37 Å². The van der Waals surface area contributed by atoms with Gasteiger partial charge in [0.15, 0.2) is 0 Å². The molecule has 5 rings (SSSR count). The quantitative estimate of drug-likeness (QED) is 0.523. The molecule has 12 heteroatoms. The Bertz CT molecular complexity index is 1330. The average molecular weight is 531 g/mol. The summed E-state index contributed by atoms with van der Waals surface area (Å²) in [6.07, 6.45) is 3.01. The van der Waals surface area contributed by atoms with Gasteiger partial charge in [-0.1, -0.05) is 0 Å². The number of hydrogen-bond acceptors (Lipinski definition) is 8. The highest BCUT2D eigenvalue weighted by atomic mass is 32.2. The molecule has 2 aliphatic rings. The summed E-state index contributed by atoms with van der Waals surface area (Å²) >= 11 is 0.971. The van der Waals surface area contributed by atoms with Gasteiger partial charge in [-0.25, -0.2) is 17.8 Å². The molecule has 1 fully saturated rings. The molecule has 1 amide bonds. The predicted octanol–water partition coefficient (Wildman–Crippen LogP) is 2.97. The zero-order valence-corrected chi connectivity index (χ0v) is 21.4. The molecule has 3 aromatic rings. The number of aromatic nitrogens is 2. The van der Waals surface area contributed by atoms with Crippen LogP contribution in [0.4, 0.5) is 20.9 Å². The van der Waals surface area contributed by atoms with Crippen molar-refractivity contribution >= 4 is 44.0 Å². The molecule has 1 N–H and O–H groups in total. The smallest absolute Gasteiger partial charge is 0.263 e. The van der Waals surface area contributed by atoms with Crippen molar-refractivity contribution in [3.63, 3.8) is 0 Å². The molecule has 3 heterocycles. The number of hydrogen-bond donors (Lipinski definition) is 1. The molecule has 36 heavy (non-hydrogen) atoms. The van der Waals surface area contributed by atoms with E-state index >= 15 is 0 Å². The fourth-order valence-corrected chi connectivity index (χ4v) is 6.47. The molecule has 190 valence electrons. The first-order valence-electron chi connectivity index (χ1n) is 11.8. The van der Waals surface area contributed by atoms with E-state index in [1.165, 1.54) is 12.4 Å². The van der Waals surface area contributed by atoms with Gasteiger partial charge in [0.1, 0.15) is 18.2 Å². The zero-order valence-electron chi connectivity index (χ0n) is 19.8. The minimum atomic E-state index is -3.73. The highest BCUT2D eigenvalue weighted by Gasteiger charge is 2.31. The molecule has 0 spiro atoms. The van der Waals surface area contributed by atoms with Crippen molar-refractivity contribution in [2.75, 3.05) is 47.2 Å². The van der Waals surface area contributed by atoms with Crippen LogP contribution >= 0.6 is 11.5 Å². The second kappa shape index (κ2) is 10.0. The first-order valence-corrected chi connectivity index (χ1v) is 14.1. The Hall–Kier alpha value is -3.25. The van der Waals surface area contributed by atoms with Crippen molar-refractivity contribution in [2.24, 2.45) is 0 Å². The summed E-state index contributed by atoms with van der Waals surface area (Å²) in [6, 6.07) is 11.2. The van der Waals surface area contributed by atoms with Crippen molar-refractivity contribution in [1.29, 1.82) is 0 Å². The van der Waals surface area contributed by atoms with Crippen molar-refractivity contribution < 1.29 is 17.6 Å². The molecule has 0 bridgehead atoms. The summed E-state index contributed by atoms with van der Waals surface area (Å²) in [7, 11) is -3.73. The third-order valence-electron chi connectivity index (χ3n) is 6.71. The lowest BCUT2D eigenvalue weighted by Gasteiger charge is -2.41. The minimum Gasteiger partial charge on any atom is -0.368 e. The lowest BCUT2D eigenvalue weighted by atomic mass is 9.99. The number of rotatable bonds is 6. The molecule has 1 atom stereocenters. The van der Waals surface area contributed by atoms with Crippen LogP contribution in [-0.4, -0.2) is 67.3 Å². The molecule has 9 nitrogen and oxygen atoms in total. The fourth-order valence-electron chi connectivity index (χ4n) is 4.81. The topological polar surface area (TPSA) is 98.7 Å². The third kappa shape index (κ3) is 5.00. The fraction of sp³-hybridized carbons (Fsp3) is 0.375. The summed E-state index contributed by atoms with van der Waals surface area (Å²) in [4.78, 5) is 23.4. The third-order valence-corrected chi connectivity index (χ3v) is 8.77. The number of amides is 1. The molecule has 0 aliphatic carbocycles. The van der Waals surface area contributed by atoms with Gasteiger partial charge in [0.25, 0.3) is 10.0 Å². The van der Waals surface area contributed by atoms with E-state index in [1.54, 1.807) is 36.4 Å². The van der Waals surface area contributed by atoms with Gasteiger partial charge < -0.3 is 14.7 Å². The number of carbonyl (C=O) groups is 1. The standard InChI is InChI=1S/C24H27FN6O3S2/c1-17(31-10-2-3-18-15-19(25)4-9-22(18)31)23(32)30-13-11-29(12-14-30)20-5-7-21(8-6-20)36(33,34)28-24-26-16-27-35-24/h4-9,15-17H,2-3,10-14H2,1H3,(H,26,27,28)/t17-/m1/s1.